The Morgan fingerprint density at radius 3 is 2.81 bits per heavy atom. The summed E-state index contributed by atoms with van der Waals surface area (Å²) in [4.78, 5) is 13.5. The first-order valence-corrected chi connectivity index (χ1v) is 8.63. The van der Waals surface area contributed by atoms with Crippen molar-refractivity contribution in [1.29, 1.82) is 0 Å². The van der Waals surface area contributed by atoms with Crippen molar-refractivity contribution >= 4 is 17.7 Å². The molecule has 3 aliphatic rings. The molecule has 0 radical (unpaired) electrons. The van der Waals surface area contributed by atoms with Crippen molar-refractivity contribution in [2.24, 2.45) is 17.8 Å². The van der Waals surface area contributed by atoms with E-state index in [2.05, 4.69) is 19.1 Å². The third kappa shape index (κ3) is 1.88. The summed E-state index contributed by atoms with van der Waals surface area (Å²) in [5.41, 5.74) is -0.921. The van der Waals surface area contributed by atoms with Gasteiger partial charge in [0.05, 0.1) is 0 Å². The lowest BCUT2D eigenvalue weighted by Crippen LogP contribution is -2.55. The standard InChI is InChI=1S/C17H20O3S/c1-10-9-11-7-8-13-17(11,19)14(16(18)20-13)15(10)21-12-5-3-2-4-6-12/h2-6,10-11,13-15,19H,7-9H2,1H3. The van der Waals surface area contributed by atoms with E-state index < -0.39 is 5.60 Å². The number of carbonyl (C=O) groups is 1. The molecule has 1 N–H and O–H groups in total. The number of thioether (sulfide) groups is 1. The van der Waals surface area contributed by atoms with Gasteiger partial charge in [-0.2, -0.15) is 0 Å². The monoisotopic (exact) mass is 304 g/mol. The lowest BCUT2D eigenvalue weighted by Gasteiger charge is -2.44. The van der Waals surface area contributed by atoms with Gasteiger partial charge in [0.25, 0.3) is 0 Å². The number of aliphatic hydroxyl groups is 1. The van der Waals surface area contributed by atoms with Gasteiger partial charge >= 0.3 is 5.97 Å². The smallest absolute Gasteiger partial charge is 0.313 e. The predicted octanol–water partition coefficient (Wildman–Crippen LogP) is 2.87. The first-order chi connectivity index (χ1) is 10.1. The number of hydrogen-bond acceptors (Lipinski definition) is 4. The summed E-state index contributed by atoms with van der Waals surface area (Å²) in [5.74, 6) is 0.0765. The number of carbonyl (C=O) groups excluding carboxylic acids is 1. The average Bonchev–Trinajstić information content (AvgIpc) is 2.91. The lowest BCUT2D eigenvalue weighted by molar-refractivity contribution is -0.145. The Morgan fingerprint density at radius 1 is 1.29 bits per heavy atom. The third-order valence-electron chi connectivity index (χ3n) is 5.52. The van der Waals surface area contributed by atoms with Gasteiger partial charge in [-0.3, -0.25) is 4.79 Å². The Kier molecular flexibility index (Phi) is 3.09. The Hall–Kier alpha value is -1.00. The molecule has 1 heterocycles. The highest BCUT2D eigenvalue weighted by Gasteiger charge is 2.68. The predicted molar refractivity (Wildman–Crippen MR) is 80.9 cm³/mol. The lowest BCUT2D eigenvalue weighted by atomic mass is 9.66. The maximum Gasteiger partial charge on any atom is 0.313 e. The van der Waals surface area contributed by atoms with E-state index in [1.54, 1.807) is 11.8 Å². The zero-order valence-electron chi connectivity index (χ0n) is 12.1. The van der Waals surface area contributed by atoms with Crippen molar-refractivity contribution in [2.75, 3.05) is 0 Å². The van der Waals surface area contributed by atoms with Crippen LogP contribution in [-0.4, -0.2) is 28.0 Å². The van der Waals surface area contributed by atoms with Crippen LogP contribution in [0.3, 0.4) is 0 Å². The topological polar surface area (TPSA) is 46.5 Å². The second kappa shape index (κ2) is 4.75. The van der Waals surface area contributed by atoms with Gasteiger partial charge in [0.1, 0.15) is 17.6 Å². The third-order valence-corrected chi connectivity index (χ3v) is 7.07. The fraction of sp³-hybridized carbons (Fsp3) is 0.588. The quantitative estimate of drug-likeness (QED) is 0.854. The molecule has 1 aromatic carbocycles. The largest absolute Gasteiger partial charge is 0.459 e. The molecule has 2 saturated carbocycles. The van der Waals surface area contributed by atoms with Crippen molar-refractivity contribution in [1.82, 2.24) is 0 Å². The van der Waals surface area contributed by atoms with Crippen molar-refractivity contribution < 1.29 is 14.6 Å². The molecule has 0 bridgehead atoms. The molecule has 6 atom stereocenters. The van der Waals surface area contributed by atoms with Crippen LogP contribution >= 0.6 is 11.8 Å². The van der Waals surface area contributed by atoms with Crippen LogP contribution in [-0.2, 0) is 9.53 Å². The maximum absolute atomic E-state index is 12.4. The molecule has 6 unspecified atom stereocenters. The molecular formula is C17H20O3S. The molecule has 112 valence electrons. The molecule has 1 saturated heterocycles. The van der Waals surface area contributed by atoms with Gasteiger partial charge in [0.2, 0.25) is 0 Å². The Balaban J connectivity index is 1.69. The molecule has 0 amide bonds. The summed E-state index contributed by atoms with van der Waals surface area (Å²) in [6.45, 7) is 2.21. The van der Waals surface area contributed by atoms with E-state index in [0.29, 0.717) is 5.92 Å². The van der Waals surface area contributed by atoms with Crippen LogP contribution in [0.15, 0.2) is 35.2 Å². The first kappa shape index (κ1) is 13.6. The van der Waals surface area contributed by atoms with Gasteiger partial charge in [0.15, 0.2) is 0 Å². The zero-order valence-corrected chi connectivity index (χ0v) is 12.9. The molecular weight excluding hydrogens is 284 g/mol. The van der Waals surface area contributed by atoms with E-state index in [4.69, 9.17) is 4.74 Å². The van der Waals surface area contributed by atoms with E-state index in [1.165, 1.54) is 0 Å². The highest BCUT2D eigenvalue weighted by molar-refractivity contribution is 8.00. The van der Waals surface area contributed by atoms with E-state index in [0.717, 1.165) is 24.2 Å². The van der Waals surface area contributed by atoms with Crippen LogP contribution < -0.4 is 0 Å². The minimum Gasteiger partial charge on any atom is -0.459 e. The Bertz CT molecular complexity index is 560. The summed E-state index contributed by atoms with van der Waals surface area (Å²) < 4.78 is 5.52. The zero-order chi connectivity index (χ0) is 14.6. The number of esters is 1. The second-order valence-corrected chi connectivity index (χ2v) is 7.92. The van der Waals surface area contributed by atoms with E-state index in [9.17, 15) is 9.90 Å². The van der Waals surface area contributed by atoms with Gasteiger partial charge in [-0.15, -0.1) is 11.8 Å². The van der Waals surface area contributed by atoms with Crippen molar-refractivity contribution in [3.8, 4) is 0 Å². The highest BCUT2D eigenvalue weighted by atomic mass is 32.2. The van der Waals surface area contributed by atoms with Crippen molar-refractivity contribution in [2.45, 2.75) is 48.0 Å². The van der Waals surface area contributed by atoms with Gasteiger partial charge in [-0.1, -0.05) is 25.1 Å². The fourth-order valence-corrected chi connectivity index (χ4v) is 5.98. The summed E-state index contributed by atoms with van der Waals surface area (Å²) in [5, 5.41) is 11.3. The Labute approximate surface area is 129 Å². The van der Waals surface area contributed by atoms with Gasteiger partial charge < -0.3 is 9.84 Å². The van der Waals surface area contributed by atoms with Gasteiger partial charge in [-0.25, -0.2) is 0 Å². The molecule has 0 aromatic heterocycles. The minimum atomic E-state index is -0.921. The number of ether oxygens (including phenoxy) is 1. The fourth-order valence-electron chi connectivity index (χ4n) is 4.54. The van der Waals surface area contributed by atoms with Gasteiger partial charge in [0, 0.05) is 10.1 Å². The molecule has 0 spiro atoms. The normalized spacial score (nSPS) is 44.5. The first-order valence-electron chi connectivity index (χ1n) is 7.75. The van der Waals surface area contributed by atoms with Crippen molar-refractivity contribution in [3.63, 3.8) is 0 Å². The Morgan fingerprint density at radius 2 is 2.05 bits per heavy atom. The van der Waals surface area contributed by atoms with Crippen LogP contribution in [0, 0.1) is 17.8 Å². The van der Waals surface area contributed by atoms with Crippen LogP contribution in [0.25, 0.3) is 0 Å². The molecule has 4 rings (SSSR count). The van der Waals surface area contributed by atoms with Crippen LogP contribution in [0.2, 0.25) is 0 Å². The molecule has 1 aliphatic heterocycles. The van der Waals surface area contributed by atoms with Gasteiger partial charge in [-0.05, 0) is 43.2 Å². The summed E-state index contributed by atoms with van der Waals surface area (Å²) >= 11 is 1.72. The van der Waals surface area contributed by atoms with Crippen molar-refractivity contribution in [3.05, 3.63) is 30.3 Å². The molecule has 3 fully saturated rings. The SMILES string of the molecule is CC1CC2CCC3OC(=O)C(C1Sc1ccccc1)C23O. The summed E-state index contributed by atoms with van der Waals surface area (Å²) in [6.07, 6.45) is 2.52. The summed E-state index contributed by atoms with van der Waals surface area (Å²) in [7, 11) is 0. The van der Waals surface area contributed by atoms with Crippen LogP contribution in [0.1, 0.15) is 26.2 Å². The number of rotatable bonds is 2. The maximum atomic E-state index is 12.4. The van der Waals surface area contributed by atoms with E-state index in [1.807, 2.05) is 18.2 Å². The molecule has 2 aliphatic carbocycles. The molecule has 3 nitrogen and oxygen atoms in total. The molecule has 1 aromatic rings. The van der Waals surface area contributed by atoms with E-state index >= 15 is 0 Å². The summed E-state index contributed by atoms with van der Waals surface area (Å²) in [6, 6.07) is 10.2. The average molecular weight is 304 g/mol. The van der Waals surface area contributed by atoms with E-state index in [-0.39, 0.29) is 29.2 Å². The highest BCUT2D eigenvalue weighted by Crippen LogP contribution is 2.58. The number of hydrogen-bond donors (Lipinski definition) is 1. The molecule has 21 heavy (non-hydrogen) atoms. The second-order valence-electron chi connectivity index (χ2n) is 6.67. The minimum absolute atomic E-state index is 0.101. The van der Waals surface area contributed by atoms with Crippen LogP contribution in [0.5, 0.6) is 0 Å². The number of benzene rings is 1. The molecule has 4 heteroatoms. The van der Waals surface area contributed by atoms with Crippen LogP contribution in [0.4, 0.5) is 0 Å².